The highest BCUT2D eigenvalue weighted by atomic mass is 31.2. The average Bonchev–Trinajstić information content (AvgIpc) is 2.55. The summed E-state index contributed by atoms with van der Waals surface area (Å²) in [7, 11) is -3.19. The highest BCUT2D eigenvalue weighted by Crippen LogP contribution is 2.51. The predicted octanol–water partition coefficient (Wildman–Crippen LogP) is 5.70. The van der Waals surface area contributed by atoms with Gasteiger partial charge in [-0.2, -0.15) is 4.62 Å². The van der Waals surface area contributed by atoms with Crippen molar-refractivity contribution in [2.75, 3.05) is 17.8 Å². The largest absolute Gasteiger partial charge is 0.352 e. The van der Waals surface area contributed by atoms with E-state index >= 15 is 0 Å². The molecule has 2 aromatic carbocycles. The van der Waals surface area contributed by atoms with Gasteiger partial charge < -0.3 is 4.52 Å². The molecule has 0 spiro atoms. The van der Waals surface area contributed by atoms with Gasteiger partial charge in [0.25, 0.3) is 0 Å². The fourth-order valence-corrected chi connectivity index (χ4v) is 3.85. The highest BCUT2D eigenvalue weighted by Gasteiger charge is 2.28. The van der Waals surface area contributed by atoms with E-state index in [4.69, 9.17) is 9.15 Å². The van der Waals surface area contributed by atoms with Crippen LogP contribution in [0.1, 0.15) is 25.8 Å². The zero-order valence-electron chi connectivity index (χ0n) is 13.9. The van der Waals surface area contributed by atoms with Gasteiger partial charge in [-0.05, 0) is 44.5 Å². The minimum atomic E-state index is -3.19. The van der Waals surface area contributed by atoms with Gasteiger partial charge in [-0.3, -0.25) is 4.57 Å². The molecule has 5 heteroatoms. The first kappa shape index (κ1) is 17.7. The maximum Gasteiger partial charge on any atom is 0.352 e. The van der Waals surface area contributed by atoms with Crippen LogP contribution in [0.15, 0.2) is 54.6 Å². The molecule has 124 valence electrons. The lowest BCUT2D eigenvalue weighted by atomic mass is 10.2. The normalized spacial score (nSPS) is 13.5. The van der Waals surface area contributed by atoms with E-state index in [2.05, 4.69) is 0 Å². The molecule has 2 rings (SSSR count). The SMILES string of the molecule is CCCP(=O)(OCC)ON(c1ccccc1)c1ccc(C)cc1. The smallest absolute Gasteiger partial charge is 0.308 e. The summed E-state index contributed by atoms with van der Waals surface area (Å²) in [5.41, 5.74) is 2.79. The van der Waals surface area contributed by atoms with Gasteiger partial charge in [0.15, 0.2) is 0 Å². The molecule has 0 radical (unpaired) electrons. The lowest BCUT2D eigenvalue weighted by molar-refractivity contribution is 0.213. The van der Waals surface area contributed by atoms with Crippen LogP contribution >= 0.6 is 7.60 Å². The van der Waals surface area contributed by atoms with E-state index in [1.54, 1.807) is 5.06 Å². The third kappa shape index (κ3) is 4.93. The number of benzene rings is 2. The first-order chi connectivity index (χ1) is 11.1. The number of aryl methyl sites for hydroxylation is 1. The molecule has 0 saturated heterocycles. The first-order valence-corrected chi connectivity index (χ1v) is 9.66. The Morgan fingerprint density at radius 2 is 1.57 bits per heavy atom. The van der Waals surface area contributed by atoms with Crippen LogP contribution in [0.4, 0.5) is 11.4 Å². The highest BCUT2D eigenvalue weighted by molar-refractivity contribution is 7.53. The second-order valence-electron chi connectivity index (χ2n) is 5.30. The Morgan fingerprint density at radius 3 is 2.13 bits per heavy atom. The molecule has 0 saturated carbocycles. The van der Waals surface area contributed by atoms with Crippen LogP contribution < -0.4 is 5.06 Å². The van der Waals surface area contributed by atoms with E-state index in [9.17, 15) is 4.57 Å². The van der Waals surface area contributed by atoms with E-state index in [-0.39, 0.29) is 0 Å². The molecule has 0 amide bonds. The minimum absolute atomic E-state index is 0.355. The molecule has 0 fully saturated rings. The molecule has 0 N–H and O–H groups in total. The van der Waals surface area contributed by atoms with Crippen molar-refractivity contribution in [3.63, 3.8) is 0 Å². The fraction of sp³-hybridized carbons (Fsp3) is 0.333. The van der Waals surface area contributed by atoms with E-state index in [1.165, 1.54) is 0 Å². The second kappa shape index (κ2) is 8.30. The van der Waals surface area contributed by atoms with Crippen molar-refractivity contribution in [1.82, 2.24) is 0 Å². The van der Waals surface area contributed by atoms with Crippen LogP contribution in [0.25, 0.3) is 0 Å². The molecule has 0 aliphatic heterocycles. The van der Waals surface area contributed by atoms with Crippen molar-refractivity contribution in [1.29, 1.82) is 0 Å². The summed E-state index contributed by atoms with van der Waals surface area (Å²) in [5.74, 6) is 0. The van der Waals surface area contributed by atoms with E-state index < -0.39 is 7.60 Å². The van der Waals surface area contributed by atoms with Crippen LogP contribution in [0.2, 0.25) is 0 Å². The Labute approximate surface area is 138 Å². The van der Waals surface area contributed by atoms with Crippen LogP contribution in [-0.2, 0) is 13.7 Å². The Balaban J connectivity index is 2.37. The Bertz CT molecular complexity index is 633. The Kier molecular flexibility index (Phi) is 6.40. The number of nitrogens with zero attached hydrogens (tertiary/aromatic N) is 1. The van der Waals surface area contributed by atoms with Crippen LogP contribution in [0, 0.1) is 6.92 Å². The van der Waals surface area contributed by atoms with Crippen molar-refractivity contribution in [2.24, 2.45) is 0 Å². The minimum Gasteiger partial charge on any atom is -0.308 e. The summed E-state index contributed by atoms with van der Waals surface area (Å²) < 4.78 is 24.3. The molecular formula is C18H24NO3P. The summed E-state index contributed by atoms with van der Waals surface area (Å²) >= 11 is 0. The van der Waals surface area contributed by atoms with Crippen molar-refractivity contribution in [3.8, 4) is 0 Å². The average molecular weight is 333 g/mol. The lowest BCUT2D eigenvalue weighted by Crippen LogP contribution is -2.18. The van der Waals surface area contributed by atoms with Gasteiger partial charge in [0.2, 0.25) is 0 Å². The monoisotopic (exact) mass is 333 g/mol. The molecular weight excluding hydrogens is 309 g/mol. The van der Waals surface area contributed by atoms with Gasteiger partial charge >= 0.3 is 7.60 Å². The summed E-state index contributed by atoms with van der Waals surface area (Å²) in [6.07, 6.45) is 1.11. The zero-order chi connectivity index (χ0) is 16.7. The van der Waals surface area contributed by atoms with Gasteiger partial charge in [-0.1, -0.05) is 42.8 Å². The molecule has 1 atom stereocenters. The van der Waals surface area contributed by atoms with Gasteiger partial charge in [0.05, 0.1) is 24.1 Å². The number of hydrogen-bond donors (Lipinski definition) is 0. The fourth-order valence-electron chi connectivity index (χ4n) is 2.21. The van der Waals surface area contributed by atoms with Crippen molar-refractivity contribution >= 4 is 19.0 Å². The maximum absolute atomic E-state index is 13.0. The Morgan fingerprint density at radius 1 is 0.957 bits per heavy atom. The van der Waals surface area contributed by atoms with Crippen LogP contribution in [0.5, 0.6) is 0 Å². The molecule has 1 unspecified atom stereocenters. The number of para-hydroxylation sites is 1. The second-order valence-corrected chi connectivity index (χ2v) is 7.39. The van der Waals surface area contributed by atoms with Crippen molar-refractivity contribution in [3.05, 3.63) is 60.2 Å². The number of hydrogen-bond acceptors (Lipinski definition) is 4. The van der Waals surface area contributed by atoms with Crippen LogP contribution in [-0.4, -0.2) is 12.8 Å². The molecule has 23 heavy (non-hydrogen) atoms. The Hall–Kier alpha value is -1.61. The van der Waals surface area contributed by atoms with Gasteiger partial charge in [0, 0.05) is 0 Å². The maximum atomic E-state index is 13.0. The molecule has 0 heterocycles. The number of anilines is 2. The molecule has 0 aromatic heterocycles. The van der Waals surface area contributed by atoms with Crippen molar-refractivity contribution < 1.29 is 13.7 Å². The van der Waals surface area contributed by atoms with Crippen LogP contribution in [0.3, 0.4) is 0 Å². The quantitative estimate of drug-likeness (QED) is 0.458. The van der Waals surface area contributed by atoms with E-state index in [1.807, 2.05) is 75.4 Å². The van der Waals surface area contributed by atoms with Gasteiger partial charge in [0.1, 0.15) is 0 Å². The molecule has 0 aliphatic carbocycles. The predicted molar refractivity (Wildman–Crippen MR) is 95.2 cm³/mol. The third-order valence-electron chi connectivity index (χ3n) is 3.29. The lowest BCUT2D eigenvalue weighted by Gasteiger charge is -2.28. The standard InChI is InChI=1S/C18H24NO3P/c1-4-15-23(20,21-5-2)22-19(17-9-7-6-8-10-17)18-13-11-16(3)12-14-18/h6-14H,4-5,15H2,1-3H3. The summed E-state index contributed by atoms with van der Waals surface area (Å²) in [4.78, 5) is 0. The third-order valence-corrected chi connectivity index (χ3v) is 5.35. The van der Waals surface area contributed by atoms with E-state index in [0.717, 1.165) is 23.4 Å². The summed E-state index contributed by atoms with van der Waals surface area (Å²) in [6.45, 7) is 6.17. The molecule has 0 aliphatic rings. The van der Waals surface area contributed by atoms with Crippen molar-refractivity contribution in [2.45, 2.75) is 27.2 Å². The first-order valence-electron chi connectivity index (χ1n) is 7.93. The summed E-state index contributed by atoms with van der Waals surface area (Å²) in [5, 5.41) is 1.60. The van der Waals surface area contributed by atoms with Gasteiger partial charge in [-0.15, -0.1) is 0 Å². The van der Waals surface area contributed by atoms with E-state index in [0.29, 0.717) is 12.8 Å². The topological polar surface area (TPSA) is 38.8 Å². The molecule has 0 bridgehead atoms. The zero-order valence-corrected chi connectivity index (χ0v) is 14.8. The molecule has 4 nitrogen and oxygen atoms in total. The number of rotatable bonds is 8. The summed E-state index contributed by atoms with van der Waals surface area (Å²) in [6, 6.07) is 17.5. The molecule has 2 aromatic rings. The van der Waals surface area contributed by atoms with Gasteiger partial charge in [-0.25, -0.2) is 5.06 Å².